The predicted molar refractivity (Wildman–Crippen MR) is 141 cm³/mol. The molecule has 0 amide bonds. The molecule has 4 aromatic carbocycles. The van der Waals surface area contributed by atoms with Crippen LogP contribution in [0.5, 0.6) is 5.75 Å². The van der Waals surface area contributed by atoms with E-state index in [-0.39, 0.29) is 23.3 Å². The minimum Gasteiger partial charge on any atom is -0.489 e. The van der Waals surface area contributed by atoms with Crippen molar-refractivity contribution < 1.29 is 22.3 Å². The van der Waals surface area contributed by atoms with Crippen LogP contribution in [-0.4, -0.2) is 0 Å². The molecule has 0 atom stereocenters. The highest BCUT2D eigenvalue weighted by Gasteiger charge is 2.17. The molecular weight excluding hydrogens is 476 g/mol. The van der Waals surface area contributed by atoms with Crippen LogP contribution in [0.15, 0.2) is 72.8 Å². The molecule has 0 saturated heterocycles. The summed E-state index contributed by atoms with van der Waals surface area (Å²) in [5, 5.41) is 0. The van der Waals surface area contributed by atoms with Crippen molar-refractivity contribution in [1.82, 2.24) is 0 Å². The summed E-state index contributed by atoms with van der Waals surface area (Å²) in [6.45, 7) is 3.91. The third kappa shape index (κ3) is 6.04. The highest BCUT2D eigenvalue weighted by atomic mass is 19.2. The number of unbranched alkanes of at least 4 members (excludes halogenated alkanes) is 1. The Balaban J connectivity index is 1.45. The summed E-state index contributed by atoms with van der Waals surface area (Å²) in [4.78, 5) is 0. The summed E-state index contributed by atoms with van der Waals surface area (Å²) in [5.41, 5.74) is 3.08. The van der Waals surface area contributed by atoms with Crippen LogP contribution in [0.2, 0.25) is 0 Å². The highest BCUT2D eigenvalue weighted by Crippen LogP contribution is 2.30. The van der Waals surface area contributed by atoms with Crippen LogP contribution in [0, 0.1) is 23.3 Å². The van der Waals surface area contributed by atoms with Gasteiger partial charge in [0.15, 0.2) is 23.3 Å². The fraction of sp³-hybridized carbons (Fsp3) is 0.250. The average molecular weight is 507 g/mol. The van der Waals surface area contributed by atoms with Crippen LogP contribution in [0.3, 0.4) is 0 Å². The Morgan fingerprint density at radius 3 is 1.65 bits per heavy atom. The molecule has 0 bridgehead atoms. The van der Waals surface area contributed by atoms with Gasteiger partial charge in [-0.3, -0.25) is 0 Å². The lowest BCUT2D eigenvalue weighted by atomic mass is 10.00. The average Bonchev–Trinajstić information content (AvgIpc) is 2.92. The molecule has 0 aliphatic carbocycles. The van der Waals surface area contributed by atoms with E-state index in [1.54, 1.807) is 54.6 Å². The van der Waals surface area contributed by atoms with Gasteiger partial charge >= 0.3 is 0 Å². The Hall–Kier alpha value is -3.60. The largest absolute Gasteiger partial charge is 0.489 e. The van der Waals surface area contributed by atoms with Crippen molar-refractivity contribution in [2.24, 2.45) is 0 Å². The van der Waals surface area contributed by atoms with E-state index in [2.05, 4.69) is 6.92 Å². The maximum absolute atomic E-state index is 14.8. The number of ether oxygens (including phenoxy) is 1. The SMILES string of the molecule is CCCCc1ccc(-c2ccc(OCc3ccc(-c4ccc(CCC)cc4)c(F)c3F)cc2)c(F)c1F. The monoisotopic (exact) mass is 506 g/mol. The maximum atomic E-state index is 14.8. The minimum atomic E-state index is -0.951. The third-order valence-electron chi connectivity index (χ3n) is 6.49. The zero-order valence-corrected chi connectivity index (χ0v) is 21.1. The molecule has 192 valence electrons. The highest BCUT2D eigenvalue weighted by molar-refractivity contribution is 5.66. The molecular formula is C32H30F4O. The van der Waals surface area contributed by atoms with Crippen LogP contribution in [0.4, 0.5) is 17.6 Å². The molecule has 1 nitrogen and oxygen atoms in total. The van der Waals surface area contributed by atoms with Crippen LogP contribution in [-0.2, 0) is 19.4 Å². The molecule has 0 radical (unpaired) electrons. The lowest BCUT2D eigenvalue weighted by Gasteiger charge is -2.12. The Bertz CT molecular complexity index is 1350. The van der Waals surface area contributed by atoms with Crippen molar-refractivity contribution in [3.63, 3.8) is 0 Å². The second kappa shape index (κ2) is 12.1. The number of aryl methyl sites for hydroxylation is 2. The number of hydrogen-bond acceptors (Lipinski definition) is 1. The maximum Gasteiger partial charge on any atom is 0.167 e. The molecule has 0 unspecified atom stereocenters. The van der Waals surface area contributed by atoms with Crippen molar-refractivity contribution >= 4 is 0 Å². The van der Waals surface area contributed by atoms with Gasteiger partial charge in [-0.15, -0.1) is 0 Å². The lowest BCUT2D eigenvalue weighted by molar-refractivity contribution is 0.297. The van der Waals surface area contributed by atoms with E-state index in [9.17, 15) is 17.6 Å². The van der Waals surface area contributed by atoms with Gasteiger partial charge in [0.25, 0.3) is 0 Å². The van der Waals surface area contributed by atoms with Gasteiger partial charge in [0.2, 0.25) is 0 Å². The second-order valence-corrected chi connectivity index (χ2v) is 9.16. The normalized spacial score (nSPS) is 11.1. The van der Waals surface area contributed by atoms with Gasteiger partial charge in [-0.05, 0) is 53.6 Å². The first-order valence-electron chi connectivity index (χ1n) is 12.7. The van der Waals surface area contributed by atoms with E-state index >= 15 is 0 Å². The fourth-order valence-corrected chi connectivity index (χ4v) is 4.33. The summed E-state index contributed by atoms with van der Waals surface area (Å²) in [5.74, 6) is -3.16. The molecule has 0 heterocycles. The van der Waals surface area contributed by atoms with E-state index in [4.69, 9.17) is 4.74 Å². The molecule has 0 N–H and O–H groups in total. The molecule has 37 heavy (non-hydrogen) atoms. The standard InChI is InChI=1S/C32H30F4O/c1-3-5-7-24-14-18-27(31(35)29(24)33)23-12-16-26(17-13-23)37-20-25-15-19-28(32(36)30(25)34)22-10-8-21(6-4-2)9-11-22/h8-19H,3-7,20H2,1-2H3. The third-order valence-corrected chi connectivity index (χ3v) is 6.49. The first-order chi connectivity index (χ1) is 17.9. The molecule has 4 rings (SSSR count). The van der Waals surface area contributed by atoms with Gasteiger partial charge in [-0.1, -0.05) is 87.4 Å². The summed E-state index contributed by atoms with van der Waals surface area (Å²) in [6.07, 6.45) is 4.14. The van der Waals surface area contributed by atoms with E-state index < -0.39 is 23.3 Å². The molecule has 0 fully saturated rings. The van der Waals surface area contributed by atoms with Crippen LogP contribution < -0.4 is 4.74 Å². The Labute approximate surface area is 215 Å². The summed E-state index contributed by atoms with van der Waals surface area (Å²) >= 11 is 0. The number of halogens is 4. The van der Waals surface area contributed by atoms with Crippen LogP contribution in [0.1, 0.15) is 49.8 Å². The Morgan fingerprint density at radius 2 is 1.08 bits per heavy atom. The van der Waals surface area contributed by atoms with Crippen molar-refractivity contribution in [2.75, 3.05) is 0 Å². The van der Waals surface area contributed by atoms with Gasteiger partial charge in [0, 0.05) is 16.7 Å². The van der Waals surface area contributed by atoms with Gasteiger partial charge in [0.05, 0.1) is 0 Å². The number of benzene rings is 4. The van der Waals surface area contributed by atoms with Crippen molar-refractivity contribution in [3.05, 3.63) is 113 Å². The molecule has 0 aliphatic rings. The van der Waals surface area contributed by atoms with Gasteiger partial charge in [-0.25, -0.2) is 17.6 Å². The van der Waals surface area contributed by atoms with Crippen molar-refractivity contribution in [1.29, 1.82) is 0 Å². The molecule has 0 aliphatic heterocycles. The summed E-state index contributed by atoms with van der Waals surface area (Å²) < 4.78 is 64.4. The summed E-state index contributed by atoms with van der Waals surface area (Å²) in [7, 11) is 0. The predicted octanol–water partition coefficient (Wildman–Crippen LogP) is 9.45. The Kier molecular flexibility index (Phi) is 8.65. The van der Waals surface area contributed by atoms with E-state index in [0.29, 0.717) is 28.9 Å². The van der Waals surface area contributed by atoms with Gasteiger partial charge in [-0.2, -0.15) is 0 Å². The van der Waals surface area contributed by atoms with Crippen LogP contribution in [0.25, 0.3) is 22.3 Å². The topological polar surface area (TPSA) is 9.23 Å². The van der Waals surface area contributed by atoms with E-state index in [1.807, 2.05) is 19.1 Å². The first kappa shape index (κ1) is 26.5. The van der Waals surface area contributed by atoms with Gasteiger partial charge in [0.1, 0.15) is 12.4 Å². The lowest BCUT2D eigenvalue weighted by Crippen LogP contribution is -2.02. The van der Waals surface area contributed by atoms with Crippen molar-refractivity contribution in [3.8, 4) is 28.0 Å². The van der Waals surface area contributed by atoms with E-state index in [0.717, 1.165) is 31.2 Å². The zero-order chi connectivity index (χ0) is 26.4. The molecule has 0 saturated carbocycles. The van der Waals surface area contributed by atoms with E-state index in [1.165, 1.54) is 6.07 Å². The molecule has 0 aromatic heterocycles. The summed E-state index contributed by atoms with van der Waals surface area (Å²) in [6, 6.07) is 20.1. The Morgan fingerprint density at radius 1 is 0.541 bits per heavy atom. The second-order valence-electron chi connectivity index (χ2n) is 9.16. The quantitative estimate of drug-likeness (QED) is 0.195. The first-order valence-corrected chi connectivity index (χ1v) is 12.7. The number of hydrogen-bond donors (Lipinski definition) is 0. The molecule has 5 heteroatoms. The zero-order valence-electron chi connectivity index (χ0n) is 21.1. The number of rotatable bonds is 10. The minimum absolute atomic E-state index is 0.0868. The van der Waals surface area contributed by atoms with Gasteiger partial charge < -0.3 is 4.74 Å². The van der Waals surface area contributed by atoms with Crippen molar-refractivity contribution in [2.45, 2.75) is 52.6 Å². The smallest absolute Gasteiger partial charge is 0.167 e. The molecule has 4 aromatic rings. The van der Waals surface area contributed by atoms with Crippen LogP contribution >= 0.6 is 0 Å². The fourth-order valence-electron chi connectivity index (χ4n) is 4.33. The molecule has 0 spiro atoms.